The van der Waals surface area contributed by atoms with Crippen LogP contribution in [0.4, 0.5) is 0 Å². The van der Waals surface area contributed by atoms with Crippen molar-refractivity contribution in [3.8, 4) is 0 Å². The Morgan fingerprint density at radius 2 is 2.42 bits per heavy atom. The van der Waals surface area contributed by atoms with Crippen LogP contribution in [0.1, 0.15) is 6.92 Å². The second-order valence-electron chi connectivity index (χ2n) is 3.66. The highest BCUT2D eigenvalue weighted by Crippen LogP contribution is 2.42. The molecule has 5 heteroatoms. The standard InChI is InChI=1S/C7H11BO4/c1-7-3(2-11-6(7)10)12-5(8)4(7)9/h3-5,9H,2,8H2,1H3/t3-,4+,5-,7+/m1/s1. The molecule has 0 bridgehead atoms. The molecule has 0 radical (unpaired) electrons. The SMILES string of the molecule is B[C@@H]1O[C@@H]2COC(=O)[C@]2(C)[C@H]1O. The molecule has 0 saturated carbocycles. The Labute approximate surface area is 71.3 Å². The predicted molar refractivity (Wildman–Crippen MR) is 42.3 cm³/mol. The van der Waals surface area contributed by atoms with Gasteiger partial charge in [0.2, 0.25) is 0 Å². The first-order chi connectivity index (χ1) is 5.56. The largest absolute Gasteiger partial charge is 0.462 e. The normalized spacial score (nSPS) is 52.2. The van der Waals surface area contributed by atoms with Gasteiger partial charge in [-0.05, 0) is 6.92 Å². The van der Waals surface area contributed by atoms with Crippen molar-refractivity contribution in [2.75, 3.05) is 6.61 Å². The van der Waals surface area contributed by atoms with Crippen LogP contribution in [0, 0.1) is 5.41 Å². The van der Waals surface area contributed by atoms with E-state index in [0.29, 0.717) is 0 Å². The number of hydrogen-bond donors (Lipinski definition) is 1. The summed E-state index contributed by atoms with van der Waals surface area (Å²) in [7, 11) is 1.77. The average Bonchev–Trinajstić information content (AvgIpc) is 2.41. The maximum Gasteiger partial charge on any atom is 0.317 e. The van der Waals surface area contributed by atoms with Gasteiger partial charge in [-0.3, -0.25) is 4.79 Å². The number of aliphatic hydroxyl groups excluding tert-OH is 1. The molecule has 0 unspecified atom stereocenters. The monoisotopic (exact) mass is 170 g/mol. The predicted octanol–water partition coefficient (Wildman–Crippen LogP) is -1.73. The Balaban J connectivity index is 2.34. The lowest BCUT2D eigenvalue weighted by molar-refractivity contribution is -0.149. The third-order valence-corrected chi connectivity index (χ3v) is 2.91. The third kappa shape index (κ3) is 0.729. The Hall–Kier alpha value is -0.545. The Morgan fingerprint density at radius 1 is 1.75 bits per heavy atom. The van der Waals surface area contributed by atoms with Crippen molar-refractivity contribution in [2.45, 2.75) is 25.1 Å². The van der Waals surface area contributed by atoms with E-state index >= 15 is 0 Å². The van der Waals surface area contributed by atoms with Crippen LogP contribution in [-0.2, 0) is 14.3 Å². The fraction of sp³-hybridized carbons (Fsp3) is 0.857. The molecule has 0 aromatic carbocycles. The molecule has 2 aliphatic heterocycles. The second-order valence-corrected chi connectivity index (χ2v) is 3.66. The van der Waals surface area contributed by atoms with Crippen LogP contribution < -0.4 is 0 Å². The number of hydrogen-bond acceptors (Lipinski definition) is 4. The molecule has 1 N–H and O–H groups in total. The molecule has 66 valence electrons. The summed E-state index contributed by atoms with van der Waals surface area (Å²) in [5, 5.41) is 9.67. The Kier molecular flexibility index (Phi) is 1.50. The number of rotatable bonds is 0. The van der Waals surface area contributed by atoms with Gasteiger partial charge in [0.1, 0.15) is 26.0 Å². The van der Waals surface area contributed by atoms with Crippen molar-refractivity contribution in [2.24, 2.45) is 5.41 Å². The van der Waals surface area contributed by atoms with E-state index < -0.39 is 11.5 Å². The fourth-order valence-corrected chi connectivity index (χ4v) is 1.92. The number of ether oxygens (including phenoxy) is 2. The quantitative estimate of drug-likeness (QED) is 0.346. The number of cyclic esters (lactones) is 1. The molecule has 2 aliphatic rings. The van der Waals surface area contributed by atoms with Gasteiger partial charge in [0.05, 0.1) is 12.1 Å². The second kappa shape index (κ2) is 2.23. The summed E-state index contributed by atoms with van der Waals surface area (Å²) in [5.74, 6) is -0.343. The summed E-state index contributed by atoms with van der Waals surface area (Å²) in [6.45, 7) is 1.97. The molecular weight excluding hydrogens is 159 g/mol. The van der Waals surface area contributed by atoms with Gasteiger partial charge >= 0.3 is 5.97 Å². The van der Waals surface area contributed by atoms with Gasteiger partial charge in [0.25, 0.3) is 0 Å². The first-order valence-electron chi connectivity index (χ1n) is 4.07. The summed E-state index contributed by atoms with van der Waals surface area (Å²) >= 11 is 0. The summed E-state index contributed by atoms with van der Waals surface area (Å²) in [4.78, 5) is 11.3. The molecule has 0 amide bonds. The number of aliphatic hydroxyl groups is 1. The molecule has 2 rings (SSSR count). The van der Waals surface area contributed by atoms with Crippen LogP contribution >= 0.6 is 0 Å². The van der Waals surface area contributed by atoms with E-state index in [1.807, 2.05) is 0 Å². The van der Waals surface area contributed by atoms with Crippen LogP contribution in [0.5, 0.6) is 0 Å². The van der Waals surface area contributed by atoms with Crippen molar-refractivity contribution >= 4 is 13.8 Å². The van der Waals surface area contributed by atoms with E-state index in [0.717, 1.165) is 0 Å². The summed E-state index contributed by atoms with van der Waals surface area (Å²) in [6.07, 6.45) is -1.01. The van der Waals surface area contributed by atoms with Gasteiger partial charge in [0.15, 0.2) is 0 Å². The van der Waals surface area contributed by atoms with Crippen molar-refractivity contribution in [3.63, 3.8) is 0 Å². The minimum absolute atomic E-state index is 0.269. The van der Waals surface area contributed by atoms with Gasteiger partial charge < -0.3 is 14.6 Å². The van der Waals surface area contributed by atoms with Crippen LogP contribution in [-0.4, -0.2) is 43.7 Å². The molecule has 0 aromatic rings. The van der Waals surface area contributed by atoms with Crippen molar-refractivity contribution in [1.82, 2.24) is 0 Å². The van der Waals surface area contributed by atoms with Crippen molar-refractivity contribution in [1.29, 1.82) is 0 Å². The smallest absolute Gasteiger partial charge is 0.317 e. The lowest BCUT2D eigenvalue weighted by Gasteiger charge is -2.20. The third-order valence-electron chi connectivity index (χ3n) is 2.91. The molecule has 0 spiro atoms. The van der Waals surface area contributed by atoms with E-state index in [2.05, 4.69) is 0 Å². The van der Waals surface area contributed by atoms with Gasteiger partial charge in [-0.1, -0.05) is 0 Å². The lowest BCUT2D eigenvalue weighted by atomic mass is 9.77. The minimum Gasteiger partial charge on any atom is -0.462 e. The van der Waals surface area contributed by atoms with Crippen LogP contribution in [0.2, 0.25) is 0 Å². The molecule has 2 fully saturated rings. The Bertz CT molecular complexity index is 227. The van der Waals surface area contributed by atoms with Gasteiger partial charge in [0, 0.05) is 0 Å². The van der Waals surface area contributed by atoms with E-state index in [4.69, 9.17) is 9.47 Å². The Morgan fingerprint density at radius 3 is 3.00 bits per heavy atom. The van der Waals surface area contributed by atoms with Crippen LogP contribution in [0.15, 0.2) is 0 Å². The number of esters is 1. The highest BCUT2D eigenvalue weighted by molar-refractivity contribution is 6.12. The first-order valence-corrected chi connectivity index (χ1v) is 4.07. The maximum absolute atomic E-state index is 11.3. The van der Waals surface area contributed by atoms with E-state index in [-0.39, 0.29) is 24.7 Å². The molecule has 2 heterocycles. The zero-order chi connectivity index (χ0) is 8.93. The highest BCUT2D eigenvalue weighted by atomic mass is 16.6. The van der Waals surface area contributed by atoms with E-state index in [1.165, 1.54) is 0 Å². The van der Waals surface area contributed by atoms with E-state index in [9.17, 15) is 9.90 Å². The molecule has 4 nitrogen and oxygen atoms in total. The van der Waals surface area contributed by atoms with Gasteiger partial charge in [-0.25, -0.2) is 0 Å². The zero-order valence-corrected chi connectivity index (χ0v) is 7.11. The zero-order valence-electron chi connectivity index (χ0n) is 7.11. The topological polar surface area (TPSA) is 55.8 Å². The molecule has 0 aliphatic carbocycles. The van der Waals surface area contributed by atoms with Gasteiger partial charge in [-0.2, -0.15) is 0 Å². The fourth-order valence-electron chi connectivity index (χ4n) is 1.92. The van der Waals surface area contributed by atoms with Crippen LogP contribution in [0.3, 0.4) is 0 Å². The molecule has 4 atom stereocenters. The molecular formula is C7H11BO4. The summed E-state index contributed by atoms with van der Waals surface area (Å²) < 4.78 is 10.2. The molecule has 12 heavy (non-hydrogen) atoms. The van der Waals surface area contributed by atoms with E-state index in [1.54, 1.807) is 14.8 Å². The van der Waals surface area contributed by atoms with Crippen molar-refractivity contribution < 1.29 is 19.4 Å². The highest BCUT2D eigenvalue weighted by Gasteiger charge is 2.61. The average molecular weight is 170 g/mol. The first kappa shape index (κ1) is 8.07. The minimum atomic E-state index is -0.834. The lowest BCUT2D eigenvalue weighted by Crippen LogP contribution is -2.41. The number of carbonyl (C=O) groups excluding carboxylic acids is 1. The molecule has 0 aromatic heterocycles. The summed E-state index contributed by atoms with van der Waals surface area (Å²) in [6, 6.07) is -0.271. The summed E-state index contributed by atoms with van der Waals surface area (Å²) in [5.41, 5.74) is -0.834. The maximum atomic E-state index is 11.3. The number of carbonyl (C=O) groups is 1. The number of fused-ring (bicyclic) bond motifs is 1. The van der Waals surface area contributed by atoms with Crippen LogP contribution in [0.25, 0.3) is 0 Å². The van der Waals surface area contributed by atoms with Crippen molar-refractivity contribution in [3.05, 3.63) is 0 Å². The van der Waals surface area contributed by atoms with Gasteiger partial charge in [-0.15, -0.1) is 0 Å². The molecule has 2 saturated heterocycles.